The van der Waals surface area contributed by atoms with Gasteiger partial charge in [0.2, 0.25) is 5.91 Å². The van der Waals surface area contributed by atoms with Crippen LogP contribution in [-0.4, -0.2) is 39.5 Å². The average molecular weight is 469 g/mol. The fourth-order valence-corrected chi connectivity index (χ4v) is 4.91. The Balaban J connectivity index is 1.55. The third-order valence-electron chi connectivity index (χ3n) is 6.48. The lowest BCUT2D eigenvalue weighted by Gasteiger charge is -2.40. The molecular weight excluding hydrogens is 438 g/mol. The van der Waals surface area contributed by atoms with Crippen molar-refractivity contribution in [2.24, 2.45) is 7.05 Å². The lowest BCUT2D eigenvalue weighted by Crippen LogP contribution is -2.54. The summed E-state index contributed by atoms with van der Waals surface area (Å²) in [5.74, 6) is -1.71. The van der Waals surface area contributed by atoms with E-state index in [0.717, 1.165) is 35.7 Å². The molecule has 1 aliphatic carbocycles. The number of aryl methyl sites for hydroxylation is 2. The molecule has 0 radical (unpaired) electrons. The first-order valence-corrected chi connectivity index (χ1v) is 11.5. The van der Waals surface area contributed by atoms with Crippen molar-refractivity contribution in [1.82, 2.24) is 20.4 Å². The average Bonchev–Trinajstić information content (AvgIpc) is 3.15. The minimum Gasteiger partial charge on any atom is -0.390 e. The van der Waals surface area contributed by atoms with Gasteiger partial charge in [0.1, 0.15) is 11.6 Å². The zero-order chi connectivity index (χ0) is 24.3. The van der Waals surface area contributed by atoms with E-state index >= 15 is 0 Å². The largest absolute Gasteiger partial charge is 0.390 e. The first-order valence-electron chi connectivity index (χ1n) is 11.5. The Morgan fingerprint density at radius 1 is 1.21 bits per heavy atom. The van der Waals surface area contributed by atoms with E-state index in [4.69, 9.17) is 0 Å². The number of fused-ring (bicyclic) bond motifs is 1. The molecule has 3 atom stereocenters. The molecule has 0 saturated heterocycles. The highest BCUT2D eigenvalue weighted by atomic mass is 19.1. The predicted octanol–water partition coefficient (Wildman–Crippen LogP) is 2.78. The van der Waals surface area contributed by atoms with Crippen molar-refractivity contribution in [3.8, 4) is 0 Å². The number of halogens is 2. The van der Waals surface area contributed by atoms with Crippen LogP contribution >= 0.6 is 0 Å². The van der Waals surface area contributed by atoms with E-state index in [9.17, 15) is 18.7 Å². The number of nitrogens with one attached hydrogen (secondary N) is 2. The fraction of sp³-hybridized carbons (Fsp3) is 0.385. The van der Waals surface area contributed by atoms with E-state index in [1.807, 2.05) is 36.1 Å². The molecule has 1 amide bonds. The van der Waals surface area contributed by atoms with Crippen molar-refractivity contribution in [3.05, 3.63) is 88.7 Å². The SMILES string of the molecule is CC(=O)NC(Cc1cc(F)cc(F)c1)C(O)CNC1(c2ccccc2)CCc2nn(C)cc2C1. The number of rotatable bonds is 8. The van der Waals surface area contributed by atoms with Crippen LogP contribution < -0.4 is 10.6 Å². The summed E-state index contributed by atoms with van der Waals surface area (Å²) in [7, 11) is 1.91. The summed E-state index contributed by atoms with van der Waals surface area (Å²) >= 11 is 0. The van der Waals surface area contributed by atoms with Gasteiger partial charge in [-0.2, -0.15) is 5.10 Å². The molecule has 0 saturated carbocycles. The Morgan fingerprint density at radius 2 is 1.91 bits per heavy atom. The first-order chi connectivity index (χ1) is 16.2. The van der Waals surface area contributed by atoms with E-state index in [1.54, 1.807) is 0 Å². The lowest BCUT2D eigenvalue weighted by atomic mass is 9.75. The first kappa shape index (κ1) is 24.0. The van der Waals surface area contributed by atoms with Gasteiger partial charge in [0, 0.05) is 38.3 Å². The lowest BCUT2D eigenvalue weighted by molar-refractivity contribution is -0.120. The van der Waals surface area contributed by atoms with Gasteiger partial charge in [-0.3, -0.25) is 9.48 Å². The van der Waals surface area contributed by atoms with Gasteiger partial charge >= 0.3 is 0 Å². The van der Waals surface area contributed by atoms with Crippen molar-refractivity contribution >= 4 is 5.91 Å². The predicted molar refractivity (Wildman–Crippen MR) is 125 cm³/mol. The third kappa shape index (κ3) is 5.51. The molecule has 1 aliphatic rings. The summed E-state index contributed by atoms with van der Waals surface area (Å²) in [5, 5.41) is 21.9. The number of hydrogen-bond acceptors (Lipinski definition) is 4. The van der Waals surface area contributed by atoms with Gasteiger partial charge in [0.25, 0.3) is 0 Å². The number of carbonyl (C=O) groups is 1. The molecule has 3 aromatic rings. The number of nitrogens with zero attached hydrogens (tertiary/aromatic N) is 2. The number of hydrogen-bond donors (Lipinski definition) is 3. The van der Waals surface area contributed by atoms with Crippen molar-refractivity contribution < 1.29 is 18.7 Å². The molecule has 2 aromatic carbocycles. The molecule has 0 fully saturated rings. The Morgan fingerprint density at radius 3 is 2.59 bits per heavy atom. The Kier molecular flexibility index (Phi) is 7.09. The van der Waals surface area contributed by atoms with Gasteiger partial charge in [0.15, 0.2) is 0 Å². The van der Waals surface area contributed by atoms with Crippen molar-refractivity contribution in [3.63, 3.8) is 0 Å². The Bertz CT molecular complexity index is 1130. The van der Waals surface area contributed by atoms with Gasteiger partial charge in [-0.15, -0.1) is 0 Å². The summed E-state index contributed by atoms with van der Waals surface area (Å²) < 4.78 is 29.2. The van der Waals surface area contributed by atoms with Crippen LogP contribution in [0.15, 0.2) is 54.7 Å². The Labute approximate surface area is 198 Å². The minimum absolute atomic E-state index is 0.0994. The molecule has 0 bridgehead atoms. The van der Waals surface area contributed by atoms with E-state index in [1.165, 1.54) is 19.1 Å². The number of aliphatic hydroxyl groups is 1. The van der Waals surface area contributed by atoms with Crippen LogP contribution in [0, 0.1) is 11.6 Å². The molecule has 180 valence electrons. The van der Waals surface area contributed by atoms with Gasteiger partial charge < -0.3 is 15.7 Å². The molecular formula is C26H30F2N4O2. The monoisotopic (exact) mass is 468 g/mol. The zero-order valence-corrected chi connectivity index (χ0v) is 19.4. The molecule has 34 heavy (non-hydrogen) atoms. The summed E-state index contributed by atoms with van der Waals surface area (Å²) in [6, 6.07) is 12.6. The third-order valence-corrected chi connectivity index (χ3v) is 6.48. The normalized spacial score (nSPS) is 19.3. The summed E-state index contributed by atoms with van der Waals surface area (Å²) in [6.45, 7) is 1.54. The fourth-order valence-electron chi connectivity index (χ4n) is 4.91. The number of carbonyl (C=O) groups excluding carboxylic acids is 1. The van der Waals surface area contributed by atoms with Crippen LogP contribution in [0.3, 0.4) is 0 Å². The molecule has 3 unspecified atom stereocenters. The number of benzene rings is 2. The number of amides is 1. The van der Waals surface area contributed by atoms with E-state index in [-0.39, 0.29) is 18.9 Å². The number of aliphatic hydroxyl groups excluding tert-OH is 1. The van der Waals surface area contributed by atoms with Gasteiger partial charge in [-0.05, 0) is 54.5 Å². The molecule has 3 N–H and O–H groups in total. The second kappa shape index (κ2) is 10.0. The highest BCUT2D eigenvalue weighted by Crippen LogP contribution is 2.36. The molecule has 8 heteroatoms. The smallest absolute Gasteiger partial charge is 0.217 e. The maximum Gasteiger partial charge on any atom is 0.217 e. The molecule has 1 heterocycles. The number of aromatic nitrogens is 2. The van der Waals surface area contributed by atoms with Gasteiger partial charge in [-0.25, -0.2) is 8.78 Å². The maximum atomic E-state index is 13.7. The highest BCUT2D eigenvalue weighted by Gasteiger charge is 2.38. The van der Waals surface area contributed by atoms with Crippen LogP contribution in [0.2, 0.25) is 0 Å². The van der Waals surface area contributed by atoms with E-state index in [2.05, 4.69) is 27.9 Å². The highest BCUT2D eigenvalue weighted by molar-refractivity contribution is 5.73. The second-order valence-electron chi connectivity index (χ2n) is 9.14. The van der Waals surface area contributed by atoms with Crippen LogP contribution in [0.4, 0.5) is 8.78 Å². The molecule has 0 spiro atoms. The van der Waals surface area contributed by atoms with Crippen molar-refractivity contribution in [2.45, 2.75) is 50.3 Å². The molecule has 6 nitrogen and oxygen atoms in total. The zero-order valence-electron chi connectivity index (χ0n) is 19.4. The minimum atomic E-state index is -0.980. The van der Waals surface area contributed by atoms with Gasteiger partial charge in [0.05, 0.1) is 17.8 Å². The molecule has 0 aliphatic heterocycles. The van der Waals surface area contributed by atoms with Crippen molar-refractivity contribution in [1.29, 1.82) is 0 Å². The van der Waals surface area contributed by atoms with Gasteiger partial charge in [-0.1, -0.05) is 30.3 Å². The van der Waals surface area contributed by atoms with Crippen LogP contribution in [0.1, 0.15) is 35.7 Å². The summed E-state index contributed by atoms with van der Waals surface area (Å²) in [6.07, 6.45) is 3.46. The van der Waals surface area contributed by atoms with Crippen molar-refractivity contribution in [2.75, 3.05) is 6.54 Å². The summed E-state index contributed by atoms with van der Waals surface area (Å²) in [5.41, 5.74) is 3.31. The van der Waals surface area contributed by atoms with E-state index < -0.39 is 29.3 Å². The van der Waals surface area contributed by atoms with Crippen LogP contribution in [-0.2, 0) is 36.6 Å². The van der Waals surface area contributed by atoms with Crippen LogP contribution in [0.25, 0.3) is 0 Å². The Hall–Kier alpha value is -3.10. The second-order valence-corrected chi connectivity index (χ2v) is 9.14. The van der Waals surface area contributed by atoms with Crippen LogP contribution in [0.5, 0.6) is 0 Å². The van der Waals surface area contributed by atoms with E-state index in [0.29, 0.717) is 12.0 Å². The standard InChI is InChI=1S/C26H30F2N4O2/c1-17(33)30-24(12-18-10-21(27)13-22(28)11-18)25(34)15-29-26(20-6-4-3-5-7-20)9-8-23-19(14-26)16-32(2)31-23/h3-7,10-11,13,16,24-25,29,34H,8-9,12,14-15H2,1-2H3,(H,30,33). The molecule has 4 rings (SSSR count). The molecule has 1 aromatic heterocycles. The quantitative estimate of drug-likeness (QED) is 0.475. The summed E-state index contributed by atoms with van der Waals surface area (Å²) in [4.78, 5) is 11.8. The maximum absolute atomic E-state index is 13.7. The topological polar surface area (TPSA) is 79.2 Å².